The van der Waals surface area contributed by atoms with Crippen molar-refractivity contribution < 1.29 is 12.3 Å². The van der Waals surface area contributed by atoms with E-state index in [2.05, 4.69) is 31.9 Å². The molecule has 1 aliphatic rings. The first-order valence-electron chi connectivity index (χ1n) is 9.78. The summed E-state index contributed by atoms with van der Waals surface area (Å²) in [4.78, 5) is 0. The number of hydrogen-bond acceptors (Lipinski definition) is 0. The first kappa shape index (κ1) is 6.09. The van der Waals surface area contributed by atoms with Gasteiger partial charge in [0.15, 0.2) is 0 Å². The van der Waals surface area contributed by atoms with E-state index in [0.29, 0.717) is 14.5 Å². The van der Waals surface area contributed by atoms with Gasteiger partial charge in [-0.15, -0.1) is 0 Å². The number of benzene rings is 1. The Bertz CT molecular complexity index is 729. The zero-order chi connectivity index (χ0) is 20.7. The molecular weight excluding hydrogens is 340 g/mol. The smallest absolute Gasteiger partial charge is 0.0320 e. The predicted molar refractivity (Wildman–Crippen MR) is 81.7 cm³/mol. The number of hydrogen-bond donors (Lipinski definition) is 0. The fourth-order valence-electron chi connectivity index (χ4n) is 2.38. The summed E-state index contributed by atoms with van der Waals surface area (Å²) in [5.41, 5.74) is -5.40. The Morgan fingerprint density at radius 2 is 1.35 bits per heavy atom. The van der Waals surface area contributed by atoms with Crippen LogP contribution in [0.2, 0.25) is 0 Å². The number of halogens is 2. The molecule has 0 saturated heterocycles. The van der Waals surface area contributed by atoms with Crippen molar-refractivity contribution in [2.45, 2.75) is 52.2 Å². The van der Waals surface area contributed by atoms with Gasteiger partial charge in [0.05, 0.1) is 0 Å². The topological polar surface area (TPSA) is 0 Å². The van der Waals surface area contributed by atoms with E-state index in [0.717, 1.165) is 0 Å². The number of rotatable bonds is 0. The highest BCUT2D eigenvalue weighted by atomic mass is 79.9. The second-order valence-electron chi connectivity index (χ2n) is 5.31. The predicted octanol–water partition coefficient (Wildman–Crippen LogP) is 5.81. The van der Waals surface area contributed by atoms with Crippen LogP contribution in [0.1, 0.15) is 64.8 Å². The van der Waals surface area contributed by atoms with E-state index >= 15 is 0 Å². The van der Waals surface area contributed by atoms with Gasteiger partial charge in [0.2, 0.25) is 0 Å². The maximum absolute atomic E-state index is 8.20. The van der Waals surface area contributed by atoms with Crippen LogP contribution in [0.4, 0.5) is 0 Å². The van der Waals surface area contributed by atoms with Gasteiger partial charge < -0.3 is 0 Å². The van der Waals surface area contributed by atoms with Crippen molar-refractivity contribution in [2.75, 3.05) is 0 Å². The summed E-state index contributed by atoms with van der Waals surface area (Å²) in [6, 6.07) is 3.07. The standard InChI is InChI=1S/C15H20Br2/c1-13(2)9-7-11(16)12(17)8-10(9)14(3,4)15(13,5)6/h7-8H,1-6H3/i1D3,2D3,5D3. The summed E-state index contributed by atoms with van der Waals surface area (Å²) in [7, 11) is 0. The van der Waals surface area contributed by atoms with Crippen LogP contribution in [0.3, 0.4) is 0 Å². The lowest BCUT2D eigenvalue weighted by atomic mass is 9.59. The summed E-state index contributed by atoms with van der Waals surface area (Å²) in [6.07, 6.45) is 0. The molecule has 0 N–H and O–H groups in total. The molecule has 0 nitrogen and oxygen atoms in total. The highest BCUT2D eigenvalue weighted by Gasteiger charge is 2.56. The molecule has 17 heavy (non-hydrogen) atoms. The SMILES string of the molecule is [2H]C([2H])([2H])C1(C)C(C)(C)c2cc(Br)c(Br)cc2C1(C([2H])([2H])[2H])C([2H])([2H])[2H]. The quantitative estimate of drug-likeness (QED) is 0.542. The average Bonchev–Trinajstić information content (AvgIpc) is 2.53. The molecule has 0 amide bonds. The van der Waals surface area contributed by atoms with Gasteiger partial charge in [0, 0.05) is 21.3 Å². The molecule has 0 aliphatic heterocycles. The fraction of sp³-hybridized carbons (Fsp3) is 0.600. The van der Waals surface area contributed by atoms with Crippen molar-refractivity contribution in [2.24, 2.45) is 5.41 Å². The van der Waals surface area contributed by atoms with Crippen molar-refractivity contribution in [3.05, 3.63) is 32.2 Å². The van der Waals surface area contributed by atoms with E-state index in [9.17, 15) is 0 Å². The third-order valence-electron chi connectivity index (χ3n) is 4.14. The lowest BCUT2D eigenvalue weighted by Crippen LogP contribution is -2.42. The maximum atomic E-state index is 8.20. The normalized spacial score (nSPS) is 39.2. The Hall–Kier alpha value is 0.180. The summed E-state index contributed by atoms with van der Waals surface area (Å²) in [5.74, 6) is 0. The minimum absolute atomic E-state index is 0.0381. The van der Waals surface area contributed by atoms with Crippen molar-refractivity contribution in [3.63, 3.8) is 0 Å². The summed E-state index contributed by atoms with van der Waals surface area (Å²) in [5, 5.41) is 0. The second-order valence-corrected chi connectivity index (χ2v) is 7.02. The molecule has 2 rings (SSSR count). The van der Waals surface area contributed by atoms with E-state index in [1.807, 2.05) is 0 Å². The van der Waals surface area contributed by atoms with E-state index in [-0.39, 0.29) is 5.56 Å². The molecule has 0 bridgehead atoms. The third kappa shape index (κ3) is 1.53. The molecule has 1 aliphatic carbocycles. The monoisotopic (exact) mass is 367 g/mol. The van der Waals surface area contributed by atoms with Gasteiger partial charge in [-0.1, -0.05) is 41.3 Å². The molecule has 0 aromatic heterocycles. The van der Waals surface area contributed by atoms with Crippen LogP contribution in [0.25, 0.3) is 0 Å². The molecule has 0 radical (unpaired) electrons. The van der Waals surface area contributed by atoms with Crippen LogP contribution in [0, 0.1) is 5.41 Å². The first-order chi connectivity index (χ1) is 11.3. The van der Waals surface area contributed by atoms with Gasteiger partial charge in [-0.25, -0.2) is 0 Å². The van der Waals surface area contributed by atoms with Crippen LogP contribution in [-0.2, 0) is 10.8 Å². The molecular formula is C15H20Br2. The van der Waals surface area contributed by atoms with Crippen molar-refractivity contribution in [3.8, 4) is 0 Å². The Labute approximate surface area is 134 Å². The zero-order valence-corrected chi connectivity index (χ0v) is 13.1. The van der Waals surface area contributed by atoms with Gasteiger partial charge in [0.1, 0.15) is 0 Å². The highest BCUT2D eigenvalue weighted by Crippen LogP contribution is 2.62. The van der Waals surface area contributed by atoms with Crippen LogP contribution < -0.4 is 0 Å². The molecule has 0 heterocycles. The van der Waals surface area contributed by atoms with Crippen LogP contribution in [-0.4, -0.2) is 0 Å². The first-order valence-corrected chi connectivity index (χ1v) is 6.87. The Balaban J connectivity index is 3.22. The minimum atomic E-state index is -3.07. The van der Waals surface area contributed by atoms with Crippen LogP contribution in [0.5, 0.6) is 0 Å². The Morgan fingerprint density at radius 3 is 1.76 bits per heavy atom. The molecule has 94 valence electrons. The fourth-order valence-corrected chi connectivity index (χ4v) is 3.07. The van der Waals surface area contributed by atoms with Crippen molar-refractivity contribution >= 4 is 31.9 Å². The number of fused-ring (bicyclic) bond motifs is 1. The summed E-state index contributed by atoms with van der Waals surface area (Å²) >= 11 is 6.66. The molecule has 1 unspecified atom stereocenters. The average molecular weight is 369 g/mol. The minimum Gasteiger partial charge on any atom is -0.0582 e. The molecule has 1 aromatic rings. The maximum Gasteiger partial charge on any atom is 0.0320 e. The highest BCUT2D eigenvalue weighted by molar-refractivity contribution is 9.13. The van der Waals surface area contributed by atoms with E-state index in [1.165, 1.54) is 13.0 Å². The Morgan fingerprint density at radius 1 is 0.882 bits per heavy atom. The molecule has 0 fully saturated rings. The van der Waals surface area contributed by atoms with Gasteiger partial charge >= 0.3 is 0 Å². The van der Waals surface area contributed by atoms with Gasteiger partial charge in [0.25, 0.3) is 0 Å². The second kappa shape index (κ2) is 3.60. The van der Waals surface area contributed by atoms with Crippen LogP contribution >= 0.6 is 31.9 Å². The van der Waals surface area contributed by atoms with Crippen molar-refractivity contribution in [1.82, 2.24) is 0 Å². The van der Waals surface area contributed by atoms with Gasteiger partial charge in [-0.2, -0.15) is 0 Å². The summed E-state index contributed by atoms with van der Waals surface area (Å²) < 4.78 is 74.8. The van der Waals surface area contributed by atoms with Crippen molar-refractivity contribution in [1.29, 1.82) is 0 Å². The molecule has 0 saturated carbocycles. The molecule has 1 aromatic carbocycles. The summed E-state index contributed by atoms with van der Waals surface area (Å²) in [6.45, 7) is -4.48. The third-order valence-corrected chi connectivity index (χ3v) is 5.98. The van der Waals surface area contributed by atoms with Crippen LogP contribution in [0.15, 0.2) is 21.1 Å². The van der Waals surface area contributed by atoms with Gasteiger partial charge in [-0.05, 0) is 71.4 Å². The zero-order valence-electron chi connectivity index (χ0n) is 18.9. The van der Waals surface area contributed by atoms with Gasteiger partial charge in [-0.3, -0.25) is 0 Å². The molecule has 2 heteroatoms. The lowest BCUT2D eigenvalue weighted by Gasteiger charge is -2.44. The van der Waals surface area contributed by atoms with E-state index < -0.39 is 36.8 Å². The molecule has 0 spiro atoms. The molecule has 1 atom stereocenters. The largest absolute Gasteiger partial charge is 0.0582 e. The van der Waals surface area contributed by atoms with E-state index in [1.54, 1.807) is 19.9 Å². The Kier molecular flexibility index (Phi) is 1.29. The van der Waals surface area contributed by atoms with E-state index in [4.69, 9.17) is 12.3 Å². The lowest BCUT2D eigenvalue weighted by molar-refractivity contribution is 0.125.